The van der Waals surface area contributed by atoms with Gasteiger partial charge >= 0.3 is 0 Å². The summed E-state index contributed by atoms with van der Waals surface area (Å²) in [6.45, 7) is 0. The molecule has 2 aromatic heterocycles. The molecule has 102 valence electrons. The highest BCUT2D eigenvalue weighted by Crippen LogP contribution is 2.30. The highest BCUT2D eigenvalue weighted by Gasteiger charge is 2.14. The normalized spacial score (nSPS) is 11.0. The largest absolute Gasteiger partial charge is 0.337 e. The Balaban J connectivity index is 2.12. The summed E-state index contributed by atoms with van der Waals surface area (Å²) in [6.07, 6.45) is 0. The predicted octanol–water partition coefficient (Wildman–Crippen LogP) is 4.51. The van der Waals surface area contributed by atoms with Gasteiger partial charge in [-0.2, -0.15) is 4.98 Å². The van der Waals surface area contributed by atoms with Gasteiger partial charge in [0.1, 0.15) is 16.5 Å². The molecular formula is C12H5ClF3N3S. The van der Waals surface area contributed by atoms with Gasteiger partial charge in [-0.3, -0.25) is 0 Å². The van der Waals surface area contributed by atoms with Gasteiger partial charge in [0.05, 0.1) is 11.1 Å². The maximum absolute atomic E-state index is 13.6. The number of nitrogens with zero attached hydrogens (tertiary/aromatic N) is 2. The number of anilines is 2. The maximum Gasteiger partial charge on any atom is 0.225 e. The van der Waals surface area contributed by atoms with E-state index in [0.717, 1.165) is 6.07 Å². The van der Waals surface area contributed by atoms with Crippen LogP contribution in [0.15, 0.2) is 23.6 Å². The lowest BCUT2D eigenvalue weighted by Gasteiger charge is -2.08. The zero-order valence-corrected chi connectivity index (χ0v) is 11.2. The summed E-state index contributed by atoms with van der Waals surface area (Å²) in [4.78, 5) is 8.48. The number of rotatable bonds is 2. The van der Waals surface area contributed by atoms with Crippen LogP contribution in [0, 0.1) is 17.5 Å². The number of hydrogen-bond donors (Lipinski definition) is 1. The molecule has 0 aliphatic heterocycles. The summed E-state index contributed by atoms with van der Waals surface area (Å²) < 4.78 is 39.9. The molecule has 0 bridgehead atoms. The van der Waals surface area contributed by atoms with Crippen molar-refractivity contribution in [2.75, 3.05) is 5.32 Å². The van der Waals surface area contributed by atoms with E-state index in [-0.39, 0.29) is 16.8 Å². The van der Waals surface area contributed by atoms with Gasteiger partial charge in [-0.05, 0) is 23.0 Å². The Morgan fingerprint density at radius 2 is 1.95 bits per heavy atom. The minimum absolute atomic E-state index is 0.0419. The van der Waals surface area contributed by atoms with Crippen molar-refractivity contribution in [2.24, 2.45) is 0 Å². The third-order valence-corrected chi connectivity index (χ3v) is 3.52. The zero-order chi connectivity index (χ0) is 14.3. The Kier molecular flexibility index (Phi) is 3.23. The molecule has 8 heteroatoms. The van der Waals surface area contributed by atoms with Crippen LogP contribution in [-0.4, -0.2) is 9.97 Å². The molecule has 1 N–H and O–H groups in total. The van der Waals surface area contributed by atoms with Crippen LogP contribution in [0.1, 0.15) is 0 Å². The van der Waals surface area contributed by atoms with Crippen LogP contribution >= 0.6 is 22.9 Å². The number of hydrogen-bond acceptors (Lipinski definition) is 4. The van der Waals surface area contributed by atoms with Crippen molar-refractivity contribution < 1.29 is 13.2 Å². The summed E-state index contributed by atoms with van der Waals surface area (Å²) in [5.41, 5.74) is -0.357. The van der Waals surface area contributed by atoms with E-state index in [0.29, 0.717) is 16.3 Å². The molecule has 0 fully saturated rings. The average molecular weight is 316 g/mol. The minimum atomic E-state index is -1.28. The molecule has 0 spiro atoms. The molecule has 0 saturated heterocycles. The van der Waals surface area contributed by atoms with E-state index in [9.17, 15) is 13.2 Å². The number of benzene rings is 1. The van der Waals surface area contributed by atoms with E-state index < -0.39 is 17.5 Å². The number of fused-ring (bicyclic) bond motifs is 1. The van der Waals surface area contributed by atoms with Gasteiger partial charge in [0.25, 0.3) is 0 Å². The molecular weight excluding hydrogens is 311 g/mol. The van der Waals surface area contributed by atoms with Crippen molar-refractivity contribution in [2.45, 2.75) is 0 Å². The van der Waals surface area contributed by atoms with Crippen molar-refractivity contribution in [1.29, 1.82) is 0 Å². The third kappa shape index (κ3) is 2.30. The van der Waals surface area contributed by atoms with E-state index in [1.807, 2.05) is 0 Å². The van der Waals surface area contributed by atoms with Crippen molar-refractivity contribution in [3.63, 3.8) is 0 Å². The number of nitrogens with one attached hydrogen (secondary N) is 1. The highest BCUT2D eigenvalue weighted by molar-refractivity contribution is 7.16. The van der Waals surface area contributed by atoms with Crippen LogP contribution < -0.4 is 5.32 Å². The first-order valence-electron chi connectivity index (χ1n) is 5.37. The first-order valence-corrected chi connectivity index (χ1v) is 6.62. The molecule has 0 saturated carbocycles. The predicted molar refractivity (Wildman–Crippen MR) is 72.0 cm³/mol. The Morgan fingerprint density at radius 1 is 1.15 bits per heavy atom. The van der Waals surface area contributed by atoms with Crippen molar-refractivity contribution in [1.82, 2.24) is 9.97 Å². The fourth-order valence-corrected chi connectivity index (χ4v) is 2.68. The third-order valence-electron chi connectivity index (χ3n) is 2.54. The van der Waals surface area contributed by atoms with E-state index in [4.69, 9.17) is 11.6 Å². The Morgan fingerprint density at radius 3 is 2.75 bits per heavy atom. The lowest BCUT2D eigenvalue weighted by molar-refractivity contribution is 0.498. The Bertz CT molecular complexity index is 806. The quantitative estimate of drug-likeness (QED) is 0.558. The molecule has 20 heavy (non-hydrogen) atoms. The summed E-state index contributed by atoms with van der Waals surface area (Å²) >= 11 is 7.07. The first kappa shape index (κ1) is 13.1. The molecule has 0 aliphatic carbocycles. The van der Waals surface area contributed by atoms with Gasteiger partial charge in [-0.15, -0.1) is 11.3 Å². The standard InChI is InChI=1S/C12H5ClF3N3S/c13-12-18-10(6-1-2-20-11(6)19-12)17-8-4-5(14)3-7(15)9(8)16/h1-4H,(H,17,18,19). The first-order chi connectivity index (χ1) is 9.54. The Hall–Kier alpha value is -1.86. The second kappa shape index (κ2) is 4.92. The number of halogens is 4. The zero-order valence-electron chi connectivity index (χ0n) is 9.62. The van der Waals surface area contributed by atoms with Gasteiger partial charge in [-0.25, -0.2) is 18.2 Å². The van der Waals surface area contributed by atoms with Crippen LogP contribution in [0.5, 0.6) is 0 Å². The molecule has 3 aromatic rings. The topological polar surface area (TPSA) is 37.8 Å². The van der Waals surface area contributed by atoms with Crippen LogP contribution in [0.2, 0.25) is 5.28 Å². The molecule has 0 amide bonds. The lowest BCUT2D eigenvalue weighted by Crippen LogP contribution is -2.00. The monoisotopic (exact) mass is 315 g/mol. The van der Waals surface area contributed by atoms with E-state index >= 15 is 0 Å². The highest BCUT2D eigenvalue weighted by atomic mass is 35.5. The minimum Gasteiger partial charge on any atom is -0.337 e. The van der Waals surface area contributed by atoms with E-state index in [1.165, 1.54) is 11.3 Å². The second-order valence-electron chi connectivity index (χ2n) is 3.85. The number of aromatic nitrogens is 2. The van der Waals surface area contributed by atoms with Crippen LogP contribution in [0.25, 0.3) is 10.2 Å². The van der Waals surface area contributed by atoms with Crippen molar-refractivity contribution >= 4 is 44.7 Å². The maximum atomic E-state index is 13.6. The summed E-state index contributed by atoms with van der Waals surface area (Å²) in [5.74, 6) is -3.18. The van der Waals surface area contributed by atoms with Crippen LogP contribution in [0.4, 0.5) is 24.7 Å². The molecule has 1 aromatic carbocycles. The molecule has 0 unspecified atom stereocenters. The van der Waals surface area contributed by atoms with Gasteiger partial charge in [0.2, 0.25) is 5.28 Å². The van der Waals surface area contributed by atoms with E-state index in [1.54, 1.807) is 11.4 Å². The van der Waals surface area contributed by atoms with Crippen molar-refractivity contribution in [3.05, 3.63) is 46.3 Å². The Labute approximate surface area is 120 Å². The smallest absolute Gasteiger partial charge is 0.225 e. The van der Waals surface area contributed by atoms with Crippen molar-refractivity contribution in [3.8, 4) is 0 Å². The molecule has 2 heterocycles. The molecule has 0 atom stereocenters. The molecule has 0 radical (unpaired) electrons. The fraction of sp³-hybridized carbons (Fsp3) is 0. The van der Waals surface area contributed by atoms with Crippen LogP contribution in [0.3, 0.4) is 0 Å². The molecule has 3 nitrogen and oxygen atoms in total. The lowest BCUT2D eigenvalue weighted by atomic mass is 10.2. The summed E-state index contributed by atoms with van der Waals surface area (Å²) in [6, 6.07) is 3.01. The summed E-state index contributed by atoms with van der Waals surface area (Å²) in [7, 11) is 0. The van der Waals surface area contributed by atoms with Gasteiger partial charge in [-0.1, -0.05) is 0 Å². The molecule has 3 rings (SSSR count). The van der Waals surface area contributed by atoms with Gasteiger partial charge in [0, 0.05) is 12.1 Å². The summed E-state index contributed by atoms with van der Waals surface area (Å²) in [5, 5.41) is 4.84. The SMILES string of the molecule is Fc1cc(F)c(F)c(Nc2nc(Cl)nc3sccc23)c1. The van der Waals surface area contributed by atoms with Crippen LogP contribution in [-0.2, 0) is 0 Å². The van der Waals surface area contributed by atoms with Gasteiger partial charge in [0.15, 0.2) is 11.6 Å². The van der Waals surface area contributed by atoms with E-state index in [2.05, 4.69) is 15.3 Å². The van der Waals surface area contributed by atoms with Gasteiger partial charge < -0.3 is 5.32 Å². The number of thiophene rings is 1. The fourth-order valence-electron chi connectivity index (χ4n) is 1.70. The molecule has 0 aliphatic rings. The average Bonchev–Trinajstić information content (AvgIpc) is 2.83. The second-order valence-corrected chi connectivity index (χ2v) is 5.09.